The average Bonchev–Trinajstić information content (AvgIpc) is 2.87. The molecule has 0 saturated heterocycles. The standard InChI is InChI=1S/C16H15N3O3S/c1-10(23-15-16(21)22-18-19(15)2)14(20)17-13-9-5-7-11-6-3-4-8-12(11)13/h3-10H,1-2H3,(H-,17,18,20,21)/p+1. The summed E-state index contributed by atoms with van der Waals surface area (Å²) in [4.78, 5) is 24.0. The molecule has 2 N–H and O–H groups in total. The number of thioether (sulfide) groups is 1. The van der Waals surface area contributed by atoms with Crippen LogP contribution in [-0.2, 0) is 11.8 Å². The highest BCUT2D eigenvalue weighted by molar-refractivity contribution is 8.00. The summed E-state index contributed by atoms with van der Waals surface area (Å²) in [5.41, 5.74) is 0.272. The molecule has 0 aliphatic heterocycles. The van der Waals surface area contributed by atoms with E-state index in [-0.39, 0.29) is 5.91 Å². The Morgan fingerprint density at radius 1 is 1.26 bits per heavy atom. The SMILES string of the molecule is CC(Sc1c(=O)o[nH][n+]1C)C(=O)Nc1cccc2ccccc12. The first kappa shape index (κ1) is 15.4. The molecule has 0 bridgehead atoms. The van der Waals surface area contributed by atoms with Gasteiger partial charge in [0, 0.05) is 11.1 Å². The van der Waals surface area contributed by atoms with Crippen LogP contribution in [0.3, 0.4) is 0 Å². The first-order chi connectivity index (χ1) is 11.1. The Labute approximate surface area is 136 Å². The smallest absolute Gasteiger partial charge is 0.325 e. The van der Waals surface area contributed by atoms with Gasteiger partial charge in [0.1, 0.15) is 0 Å². The molecule has 0 radical (unpaired) electrons. The number of carbonyl (C=O) groups excluding carboxylic acids is 1. The fourth-order valence-electron chi connectivity index (χ4n) is 2.25. The van der Waals surface area contributed by atoms with Gasteiger partial charge >= 0.3 is 10.7 Å². The molecule has 2 aromatic carbocycles. The van der Waals surface area contributed by atoms with Gasteiger partial charge in [-0.25, -0.2) is 4.79 Å². The summed E-state index contributed by atoms with van der Waals surface area (Å²) in [5.74, 6) is -0.174. The summed E-state index contributed by atoms with van der Waals surface area (Å²) >= 11 is 1.15. The molecule has 3 rings (SSSR count). The molecular formula is C16H16N3O3S+. The van der Waals surface area contributed by atoms with E-state index in [1.807, 2.05) is 42.5 Å². The number of hydrogen-bond acceptors (Lipinski definition) is 4. The van der Waals surface area contributed by atoms with Crippen LogP contribution in [-0.4, -0.2) is 16.4 Å². The zero-order valence-corrected chi connectivity index (χ0v) is 13.5. The zero-order valence-electron chi connectivity index (χ0n) is 12.7. The van der Waals surface area contributed by atoms with Gasteiger partial charge in [-0.1, -0.05) is 41.1 Å². The van der Waals surface area contributed by atoms with Gasteiger partial charge in [0.25, 0.3) is 0 Å². The molecule has 1 unspecified atom stereocenters. The normalized spacial score (nSPS) is 12.3. The summed E-state index contributed by atoms with van der Waals surface area (Å²) in [6.45, 7) is 1.75. The number of aryl methyl sites for hydroxylation is 1. The Hall–Kier alpha value is -2.54. The quantitative estimate of drug-likeness (QED) is 0.567. The number of amides is 1. The summed E-state index contributed by atoms with van der Waals surface area (Å²) in [5, 5.41) is 7.30. The van der Waals surface area contributed by atoms with Gasteiger partial charge in [-0.2, -0.15) is 0 Å². The predicted octanol–water partition coefficient (Wildman–Crippen LogP) is 2.06. The number of anilines is 1. The number of aromatic nitrogens is 2. The molecule has 1 heterocycles. The van der Waals surface area contributed by atoms with Crippen LogP contribution in [0.1, 0.15) is 6.92 Å². The first-order valence-electron chi connectivity index (χ1n) is 7.09. The van der Waals surface area contributed by atoms with E-state index >= 15 is 0 Å². The maximum Gasteiger partial charge on any atom is 0.441 e. The fraction of sp³-hybridized carbons (Fsp3) is 0.188. The van der Waals surface area contributed by atoms with Crippen molar-refractivity contribution in [3.05, 3.63) is 52.9 Å². The molecule has 0 spiro atoms. The van der Waals surface area contributed by atoms with Crippen LogP contribution in [0.5, 0.6) is 0 Å². The van der Waals surface area contributed by atoms with E-state index in [0.29, 0.717) is 5.03 Å². The summed E-state index contributed by atoms with van der Waals surface area (Å²) < 4.78 is 6.13. The molecule has 1 atom stereocenters. The lowest BCUT2D eigenvalue weighted by atomic mass is 10.1. The minimum absolute atomic E-state index is 0.174. The molecule has 0 saturated carbocycles. The van der Waals surface area contributed by atoms with Gasteiger partial charge in [0.2, 0.25) is 5.91 Å². The zero-order chi connectivity index (χ0) is 16.4. The molecule has 6 nitrogen and oxygen atoms in total. The van der Waals surface area contributed by atoms with E-state index < -0.39 is 10.9 Å². The van der Waals surface area contributed by atoms with Crippen molar-refractivity contribution in [3.63, 3.8) is 0 Å². The van der Waals surface area contributed by atoms with Gasteiger partial charge in [0.15, 0.2) is 7.05 Å². The Kier molecular flexibility index (Phi) is 4.20. The molecule has 3 aromatic rings. The van der Waals surface area contributed by atoms with E-state index in [0.717, 1.165) is 28.2 Å². The van der Waals surface area contributed by atoms with Crippen LogP contribution in [0.4, 0.5) is 5.69 Å². The number of aromatic amines is 1. The maximum atomic E-state index is 12.4. The van der Waals surface area contributed by atoms with E-state index in [4.69, 9.17) is 0 Å². The second kappa shape index (κ2) is 6.29. The predicted molar refractivity (Wildman–Crippen MR) is 88.4 cm³/mol. The van der Waals surface area contributed by atoms with Crippen molar-refractivity contribution < 1.29 is 14.0 Å². The molecule has 23 heavy (non-hydrogen) atoms. The number of H-pyrrole nitrogens is 1. The third-order valence-corrected chi connectivity index (χ3v) is 4.69. The largest absolute Gasteiger partial charge is 0.441 e. The Balaban J connectivity index is 1.79. The van der Waals surface area contributed by atoms with Gasteiger partial charge < -0.3 is 5.32 Å². The van der Waals surface area contributed by atoms with E-state index in [1.54, 1.807) is 14.0 Å². The highest BCUT2D eigenvalue weighted by atomic mass is 32.2. The third kappa shape index (κ3) is 3.14. The highest BCUT2D eigenvalue weighted by Gasteiger charge is 2.25. The minimum Gasteiger partial charge on any atom is -0.325 e. The number of hydrogen-bond donors (Lipinski definition) is 2. The average molecular weight is 330 g/mol. The molecule has 1 amide bonds. The van der Waals surface area contributed by atoms with Crippen molar-refractivity contribution >= 4 is 34.1 Å². The van der Waals surface area contributed by atoms with Crippen molar-refractivity contribution in [2.75, 3.05) is 5.32 Å². The van der Waals surface area contributed by atoms with E-state index in [2.05, 4.69) is 15.1 Å². The van der Waals surface area contributed by atoms with E-state index in [1.165, 1.54) is 4.68 Å². The van der Waals surface area contributed by atoms with Crippen LogP contribution in [0.2, 0.25) is 0 Å². The van der Waals surface area contributed by atoms with Crippen molar-refractivity contribution in [1.29, 1.82) is 0 Å². The molecule has 0 aliphatic carbocycles. The lowest BCUT2D eigenvalue weighted by molar-refractivity contribution is -0.772. The van der Waals surface area contributed by atoms with Crippen molar-refractivity contribution in [2.24, 2.45) is 7.05 Å². The number of rotatable bonds is 4. The highest BCUT2D eigenvalue weighted by Crippen LogP contribution is 2.24. The van der Waals surface area contributed by atoms with Crippen LogP contribution in [0.15, 0.2) is 56.8 Å². The Morgan fingerprint density at radius 3 is 2.74 bits per heavy atom. The lowest BCUT2D eigenvalue weighted by Crippen LogP contribution is -2.35. The Morgan fingerprint density at radius 2 is 2.00 bits per heavy atom. The van der Waals surface area contributed by atoms with Crippen molar-refractivity contribution in [1.82, 2.24) is 5.27 Å². The molecule has 0 fully saturated rings. The number of fused-ring (bicyclic) bond motifs is 1. The van der Waals surface area contributed by atoms with Gasteiger partial charge in [0.05, 0.1) is 5.25 Å². The summed E-state index contributed by atoms with van der Waals surface area (Å²) in [7, 11) is 1.66. The number of nitrogens with one attached hydrogen (secondary N) is 2. The topological polar surface area (TPSA) is 79.0 Å². The lowest BCUT2D eigenvalue weighted by Gasteiger charge is -2.11. The van der Waals surface area contributed by atoms with Gasteiger partial charge in [-0.05, 0) is 35.4 Å². The minimum atomic E-state index is -0.484. The molecular weight excluding hydrogens is 314 g/mol. The summed E-state index contributed by atoms with van der Waals surface area (Å²) in [6.07, 6.45) is 0. The van der Waals surface area contributed by atoms with E-state index in [9.17, 15) is 9.59 Å². The monoisotopic (exact) mass is 330 g/mol. The van der Waals surface area contributed by atoms with Gasteiger partial charge in [-0.15, -0.1) is 0 Å². The second-order valence-corrected chi connectivity index (χ2v) is 6.45. The number of carbonyl (C=O) groups is 1. The number of nitrogens with zero attached hydrogens (tertiary/aromatic N) is 1. The molecule has 1 aromatic heterocycles. The first-order valence-corrected chi connectivity index (χ1v) is 7.97. The summed E-state index contributed by atoms with van der Waals surface area (Å²) in [6, 6.07) is 13.6. The fourth-order valence-corrected chi connectivity index (χ4v) is 3.08. The van der Waals surface area contributed by atoms with Gasteiger partial charge in [-0.3, -0.25) is 9.32 Å². The van der Waals surface area contributed by atoms with Crippen LogP contribution in [0.25, 0.3) is 10.8 Å². The van der Waals surface area contributed by atoms with Crippen LogP contribution >= 0.6 is 11.8 Å². The van der Waals surface area contributed by atoms with Crippen molar-refractivity contribution in [3.8, 4) is 0 Å². The Bertz CT molecular complexity index is 911. The molecule has 0 aliphatic rings. The molecule has 7 heteroatoms. The van der Waals surface area contributed by atoms with Crippen molar-refractivity contribution in [2.45, 2.75) is 17.2 Å². The maximum absolute atomic E-state index is 12.4. The second-order valence-electron chi connectivity index (χ2n) is 5.12. The third-order valence-electron chi connectivity index (χ3n) is 3.46. The van der Waals surface area contributed by atoms with Crippen LogP contribution < -0.4 is 15.6 Å². The van der Waals surface area contributed by atoms with Crippen LogP contribution in [0, 0.1) is 0 Å². The number of benzene rings is 2. The molecule has 118 valence electrons.